The number of aryl methyl sites for hydroxylation is 1. The normalized spacial score (nSPS) is 10.8. The fourth-order valence-corrected chi connectivity index (χ4v) is 2.59. The van der Waals surface area contributed by atoms with Crippen molar-refractivity contribution in [1.82, 2.24) is 4.57 Å². The van der Waals surface area contributed by atoms with Crippen LogP contribution in [-0.4, -0.2) is 4.57 Å². The monoisotopic (exact) mass is 277 g/mol. The summed E-state index contributed by atoms with van der Waals surface area (Å²) in [5, 5.41) is 0. The number of hydrogen-bond acceptors (Lipinski definition) is 1. The summed E-state index contributed by atoms with van der Waals surface area (Å²) in [4.78, 5) is 11.5. The van der Waals surface area contributed by atoms with Gasteiger partial charge in [0.25, 0.3) is 0 Å². The van der Waals surface area contributed by atoms with Crippen molar-refractivity contribution < 1.29 is 0 Å². The quantitative estimate of drug-likeness (QED) is 0.484. The average molecular weight is 277 g/mol. The number of nitrogens with zero attached hydrogens (tertiary/aromatic N) is 1. The van der Waals surface area contributed by atoms with Gasteiger partial charge in [0, 0.05) is 18.8 Å². The average Bonchev–Trinajstić information content (AvgIpc) is 2.46. The number of aromatic nitrogens is 1. The Morgan fingerprint density at radius 3 is 1.90 bits per heavy atom. The lowest BCUT2D eigenvalue weighted by Gasteiger charge is -2.05. The lowest BCUT2D eigenvalue weighted by atomic mass is 10.1. The van der Waals surface area contributed by atoms with Crippen LogP contribution in [-0.2, 0) is 6.54 Å². The van der Waals surface area contributed by atoms with Gasteiger partial charge in [0.05, 0.1) is 0 Å². The zero-order valence-electron chi connectivity index (χ0n) is 13.2. The van der Waals surface area contributed by atoms with Gasteiger partial charge in [0.15, 0.2) is 0 Å². The highest BCUT2D eigenvalue weighted by Gasteiger charge is 1.95. The molecule has 1 heterocycles. The molecule has 2 nitrogen and oxygen atoms in total. The van der Waals surface area contributed by atoms with E-state index in [0.717, 1.165) is 13.0 Å². The molecule has 0 fully saturated rings. The summed E-state index contributed by atoms with van der Waals surface area (Å²) in [5.41, 5.74) is 0.125. The van der Waals surface area contributed by atoms with Crippen LogP contribution in [0.15, 0.2) is 29.2 Å². The molecule has 1 rings (SSSR count). The first-order valence-corrected chi connectivity index (χ1v) is 8.50. The number of rotatable bonds is 12. The van der Waals surface area contributed by atoms with Crippen molar-refractivity contribution in [2.75, 3.05) is 0 Å². The molecule has 0 N–H and O–H groups in total. The summed E-state index contributed by atoms with van der Waals surface area (Å²) in [6.07, 6.45) is 16.7. The Balaban J connectivity index is 1.88. The van der Waals surface area contributed by atoms with E-state index in [1.807, 2.05) is 16.8 Å². The van der Waals surface area contributed by atoms with Crippen LogP contribution in [0.1, 0.15) is 77.6 Å². The van der Waals surface area contributed by atoms with Gasteiger partial charge in [0.2, 0.25) is 5.56 Å². The summed E-state index contributed by atoms with van der Waals surface area (Å²) in [7, 11) is 0. The van der Waals surface area contributed by atoms with Gasteiger partial charge in [0.1, 0.15) is 0 Å². The topological polar surface area (TPSA) is 22.0 Å². The van der Waals surface area contributed by atoms with E-state index in [4.69, 9.17) is 0 Å². The zero-order valence-corrected chi connectivity index (χ0v) is 13.2. The molecule has 0 aliphatic carbocycles. The van der Waals surface area contributed by atoms with Crippen molar-refractivity contribution in [3.05, 3.63) is 34.7 Å². The molecule has 0 saturated heterocycles. The van der Waals surface area contributed by atoms with Crippen molar-refractivity contribution in [3.63, 3.8) is 0 Å². The van der Waals surface area contributed by atoms with E-state index in [0.29, 0.717) is 0 Å². The predicted octanol–water partition coefficient (Wildman–Crippen LogP) is 5.16. The smallest absolute Gasteiger partial charge is 0.250 e. The van der Waals surface area contributed by atoms with E-state index in [2.05, 4.69) is 6.92 Å². The van der Waals surface area contributed by atoms with Gasteiger partial charge < -0.3 is 4.57 Å². The first-order chi connectivity index (χ1) is 9.84. The second kappa shape index (κ2) is 11.7. The Labute approximate surface area is 124 Å². The fourth-order valence-electron chi connectivity index (χ4n) is 2.59. The second-order valence-electron chi connectivity index (χ2n) is 5.77. The van der Waals surface area contributed by atoms with Crippen LogP contribution in [0.25, 0.3) is 0 Å². The molecule has 20 heavy (non-hydrogen) atoms. The van der Waals surface area contributed by atoms with Crippen molar-refractivity contribution in [2.24, 2.45) is 0 Å². The first kappa shape index (κ1) is 17.0. The van der Waals surface area contributed by atoms with Crippen LogP contribution < -0.4 is 5.56 Å². The molecule has 0 radical (unpaired) electrons. The largest absolute Gasteiger partial charge is 0.316 e. The third-order valence-corrected chi connectivity index (χ3v) is 3.90. The fraction of sp³-hybridized carbons (Fsp3) is 0.722. The minimum absolute atomic E-state index is 0.125. The minimum atomic E-state index is 0.125. The summed E-state index contributed by atoms with van der Waals surface area (Å²) < 4.78 is 1.81. The summed E-state index contributed by atoms with van der Waals surface area (Å²) in [5.74, 6) is 0. The van der Waals surface area contributed by atoms with Gasteiger partial charge >= 0.3 is 0 Å². The molecule has 1 aromatic heterocycles. The van der Waals surface area contributed by atoms with Crippen LogP contribution in [0.2, 0.25) is 0 Å². The number of pyridine rings is 1. The van der Waals surface area contributed by atoms with Gasteiger partial charge in [-0.05, 0) is 12.5 Å². The molecule has 0 amide bonds. The molecule has 2 heteroatoms. The van der Waals surface area contributed by atoms with E-state index in [-0.39, 0.29) is 5.56 Å². The third-order valence-electron chi connectivity index (χ3n) is 3.90. The highest BCUT2D eigenvalue weighted by molar-refractivity contribution is 4.92. The van der Waals surface area contributed by atoms with E-state index in [1.54, 1.807) is 12.1 Å². The molecule has 0 spiro atoms. The summed E-state index contributed by atoms with van der Waals surface area (Å²) in [6.45, 7) is 3.14. The first-order valence-electron chi connectivity index (χ1n) is 8.50. The summed E-state index contributed by atoms with van der Waals surface area (Å²) in [6, 6.07) is 5.37. The second-order valence-corrected chi connectivity index (χ2v) is 5.77. The molecule has 0 atom stereocenters. The van der Waals surface area contributed by atoms with Crippen LogP contribution in [0.5, 0.6) is 0 Å². The van der Waals surface area contributed by atoms with Crippen molar-refractivity contribution >= 4 is 0 Å². The standard InChI is InChI=1S/C18H31NO/c1-2-3-4-5-6-7-8-9-10-11-13-16-19-17-14-12-15-18(19)20/h12,14-15,17H,2-11,13,16H2,1H3. The SMILES string of the molecule is CCCCCCCCCCCCCn1ccccc1=O. The molecule has 0 aliphatic rings. The third kappa shape index (κ3) is 8.19. The van der Waals surface area contributed by atoms with Crippen molar-refractivity contribution in [1.29, 1.82) is 0 Å². The molecule has 114 valence electrons. The summed E-state index contributed by atoms with van der Waals surface area (Å²) >= 11 is 0. The van der Waals surface area contributed by atoms with Crippen molar-refractivity contribution in [3.8, 4) is 0 Å². The van der Waals surface area contributed by atoms with Crippen LogP contribution in [0.4, 0.5) is 0 Å². The lowest BCUT2D eigenvalue weighted by molar-refractivity contribution is 0.527. The van der Waals surface area contributed by atoms with Crippen molar-refractivity contribution in [2.45, 2.75) is 84.1 Å². The maximum absolute atomic E-state index is 11.5. The lowest BCUT2D eigenvalue weighted by Crippen LogP contribution is -2.17. The molecule has 1 aromatic rings. The highest BCUT2D eigenvalue weighted by Crippen LogP contribution is 2.11. The van der Waals surface area contributed by atoms with E-state index in [9.17, 15) is 4.79 Å². The molecule has 0 unspecified atom stereocenters. The molecule has 0 aliphatic heterocycles. The molecular formula is C18H31NO. The molecule has 0 bridgehead atoms. The van der Waals surface area contributed by atoms with Crippen LogP contribution in [0.3, 0.4) is 0 Å². The Morgan fingerprint density at radius 2 is 1.35 bits per heavy atom. The highest BCUT2D eigenvalue weighted by atomic mass is 16.1. The molecule has 0 aromatic carbocycles. The zero-order chi connectivity index (χ0) is 14.5. The van der Waals surface area contributed by atoms with Gasteiger partial charge in [-0.15, -0.1) is 0 Å². The predicted molar refractivity (Wildman–Crippen MR) is 87.2 cm³/mol. The van der Waals surface area contributed by atoms with Crippen LogP contribution >= 0.6 is 0 Å². The van der Waals surface area contributed by atoms with Crippen LogP contribution in [0, 0.1) is 0 Å². The Hall–Kier alpha value is -1.05. The maximum atomic E-state index is 11.5. The number of unbranched alkanes of at least 4 members (excludes halogenated alkanes) is 10. The molecular weight excluding hydrogens is 246 g/mol. The Morgan fingerprint density at radius 1 is 0.800 bits per heavy atom. The van der Waals surface area contributed by atoms with E-state index >= 15 is 0 Å². The minimum Gasteiger partial charge on any atom is -0.316 e. The Bertz CT molecular complexity index is 383. The van der Waals surface area contributed by atoms with Gasteiger partial charge in [-0.3, -0.25) is 4.79 Å². The van der Waals surface area contributed by atoms with Gasteiger partial charge in [-0.1, -0.05) is 77.2 Å². The van der Waals surface area contributed by atoms with E-state index < -0.39 is 0 Å². The van der Waals surface area contributed by atoms with Gasteiger partial charge in [-0.25, -0.2) is 0 Å². The number of hydrogen-bond donors (Lipinski definition) is 0. The van der Waals surface area contributed by atoms with Gasteiger partial charge in [-0.2, -0.15) is 0 Å². The van der Waals surface area contributed by atoms with E-state index in [1.165, 1.54) is 64.2 Å². The maximum Gasteiger partial charge on any atom is 0.250 e. The molecule has 0 saturated carbocycles. The Kier molecular flexibility index (Phi) is 9.99.